The minimum atomic E-state index is -0.476. The Balaban J connectivity index is 1.32. The van der Waals surface area contributed by atoms with Crippen molar-refractivity contribution in [1.29, 1.82) is 0 Å². The first-order valence-electron chi connectivity index (χ1n) is 13.5. The van der Waals surface area contributed by atoms with E-state index in [2.05, 4.69) is 36.9 Å². The molecule has 234 valence electrons. The number of ether oxygens (including phenoxy) is 1. The molecule has 0 saturated heterocycles. The largest absolute Gasteiger partial charge is 0.485 e. The van der Waals surface area contributed by atoms with Crippen LogP contribution in [0.1, 0.15) is 23.7 Å². The normalized spacial score (nSPS) is 11.0. The van der Waals surface area contributed by atoms with Crippen molar-refractivity contribution in [3.63, 3.8) is 0 Å². The van der Waals surface area contributed by atoms with Gasteiger partial charge in [0, 0.05) is 42.5 Å². The first-order valence-corrected chi connectivity index (χ1v) is 15.1. The number of nitrogens with zero attached hydrogens (tertiary/aromatic N) is 3. The van der Waals surface area contributed by atoms with Crippen LogP contribution in [0.3, 0.4) is 0 Å². The third-order valence-electron chi connectivity index (χ3n) is 6.52. The number of aryl methyl sites for hydroxylation is 1. The molecule has 0 aliphatic heterocycles. The Bertz CT molecular complexity index is 1790. The van der Waals surface area contributed by atoms with Crippen molar-refractivity contribution >= 4 is 85.9 Å². The van der Waals surface area contributed by atoms with Crippen LogP contribution in [0.4, 0.5) is 11.4 Å². The van der Waals surface area contributed by atoms with E-state index in [1.54, 1.807) is 55.6 Å². The molecule has 2 aromatic carbocycles. The average molecular weight is 716 g/mol. The van der Waals surface area contributed by atoms with Gasteiger partial charge in [0.25, 0.3) is 0 Å². The number of carbonyl (C=O) groups is 4. The van der Waals surface area contributed by atoms with Gasteiger partial charge in [-0.05, 0) is 70.9 Å². The second-order valence-electron chi connectivity index (χ2n) is 9.79. The van der Waals surface area contributed by atoms with Crippen LogP contribution in [0.15, 0.2) is 65.4 Å². The highest BCUT2D eigenvalue weighted by Gasteiger charge is 2.20. The molecule has 45 heavy (non-hydrogen) atoms. The maximum Gasteiger partial charge on any atom is 0.246 e. The fourth-order valence-electron chi connectivity index (χ4n) is 4.10. The molecule has 0 atom stereocenters. The standard InChI is InChI=1S/C31H29BrCl2N6O5/c1-18-30(32)40-14-4-5-25(31(40)37-18)45-17-22-23(33)11-12-24(29(22)34)39(3)28(44)16-36-26(42)13-8-20-6-9-21(10-7-20)38-27(43)15-35-19(2)41/h4-14H,15-17H2,1-3H3,(H,35,41)(H,36,42)(H,38,43)/b13-8+. The van der Waals surface area contributed by atoms with E-state index in [1.165, 1.54) is 17.9 Å². The molecule has 14 heteroatoms. The summed E-state index contributed by atoms with van der Waals surface area (Å²) < 4.78 is 8.72. The van der Waals surface area contributed by atoms with E-state index < -0.39 is 11.8 Å². The Labute approximate surface area is 277 Å². The minimum absolute atomic E-state index is 0.0304. The molecule has 0 aliphatic carbocycles. The van der Waals surface area contributed by atoms with Crippen LogP contribution in [0, 0.1) is 6.92 Å². The van der Waals surface area contributed by atoms with Crippen molar-refractivity contribution in [3.05, 3.63) is 92.3 Å². The quantitative estimate of drug-likeness (QED) is 0.184. The molecular formula is C31H29BrCl2N6O5. The number of carbonyl (C=O) groups excluding carboxylic acids is 4. The van der Waals surface area contributed by atoms with Gasteiger partial charge in [-0.1, -0.05) is 35.3 Å². The van der Waals surface area contributed by atoms with Gasteiger partial charge in [-0.3, -0.25) is 23.6 Å². The third-order valence-corrected chi connectivity index (χ3v) is 8.25. The van der Waals surface area contributed by atoms with Gasteiger partial charge in [-0.2, -0.15) is 0 Å². The lowest BCUT2D eigenvalue weighted by molar-refractivity contribution is -0.122. The highest BCUT2D eigenvalue weighted by atomic mass is 79.9. The Hall–Kier alpha value is -4.39. The summed E-state index contributed by atoms with van der Waals surface area (Å²) >= 11 is 16.7. The molecule has 2 aromatic heterocycles. The summed E-state index contributed by atoms with van der Waals surface area (Å²) in [6.07, 6.45) is 4.73. The van der Waals surface area contributed by atoms with E-state index in [1.807, 2.05) is 23.6 Å². The lowest BCUT2D eigenvalue weighted by atomic mass is 10.2. The Morgan fingerprint density at radius 1 is 1.04 bits per heavy atom. The molecule has 4 amide bonds. The number of halogens is 3. The molecule has 3 N–H and O–H groups in total. The van der Waals surface area contributed by atoms with E-state index in [-0.39, 0.29) is 36.5 Å². The first-order chi connectivity index (χ1) is 21.4. The van der Waals surface area contributed by atoms with Crippen LogP contribution in [0.2, 0.25) is 10.0 Å². The highest BCUT2D eigenvalue weighted by Crippen LogP contribution is 2.35. The van der Waals surface area contributed by atoms with Crippen molar-refractivity contribution in [2.24, 2.45) is 0 Å². The van der Waals surface area contributed by atoms with Gasteiger partial charge < -0.3 is 25.6 Å². The van der Waals surface area contributed by atoms with Crippen molar-refractivity contribution in [1.82, 2.24) is 20.0 Å². The number of pyridine rings is 1. The Kier molecular flexibility index (Phi) is 11.2. The van der Waals surface area contributed by atoms with Crippen molar-refractivity contribution in [2.45, 2.75) is 20.5 Å². The lowest BCUT2D eigenvalue weighted by Crippen LogP contribution is -2.37. The molecule has 0 unspecified atom stereocenters. The Morgan fingerprint density at radius 2 is 1.78 bits per heavy atom. The van der Waals surface area contributed by atoms with E-state index in [4.69, 9.17) is 27.9 Å². The zero-order valence-corrected chi connectivity index (χ0v) is 27.6. The van der Waals surface area contributed by atoms with Gasteiger partial charge in [0.1, 0.15) is 11.2 Å². The number of benzene rings is 2. The monoisotopic (exact) mass is 714 g/mol. The second kappa shape index (κ2) is 15.1. The number of hydrogen-bond acceptors (Lipinski definition) is 6. The van der Waals surface area contributed by atoms with Crippen molar-refractivity contribution < 1.29 is 23.9 Å². The highest BCUT2D eigenvalue weighted by molar-refractivity contribution is 9.10. The predicted molar refractivity (Wildman–Crippen MR) is 178 cm³/mol. The zero-order valence-electron chi connectivity index (χ0n) is 24.5. The number of hydrogen-bond donors (Lipinski definition) is 3. The summed E-state index contributed by atoms with van der Waals surface area (Å²) in [5.74, 6) is -1.01. The lowest BCUT2D eigenvalue weighted by Gasteiger charge is -2.21. The first kappa shape index (κ1) is 33.5. The SMILES string of the molecule is CC(=O)NCC(=O)Nc1ccc(/C=C/C(=O)NCC(=O)N(C)c2ccc(Cl)c(COc3cccn4c(Br)c(C)nc34)c2Cl)cc1. The summed E-state index contributed by atoms with van der Waals surface area (Å²) in [6, 6.07) is 13.6. The maximum absolute atomic E-state index is 12.9. The van der Waals surface area contributed by atoms with Gasteiger partial charge in [-0.25, -0.2) is 4.98 Å². The minimum Gasteiger partial charge on any atom is -0.485 e. The molecule has 0 radical (unpaired) electrons. The van der Waals surface area contributed by atoms with Crippen LogP contribution in [-0.2, 0) is 25.8 Å². The van der Waals surface area contributed by atoms with Gasteiger partial charge in [-0.15, -0.1) is 0 Å². The Morgan fingerprint density at radius 3 is 2.49 bits per heavy atom. The summed E-state index contributed by atoms with van der Waals surface area (Å²) in [4.78, 5) is 53.9. The van der Waals surface area contributed by atoms with Gasteiger partial charge >= 0.3 is 0 Å². The van der Waals surface area contributed by atoms with Crippen LogP contribution in [0.25, 0.3) is 11.7 Å². The molecule has 4 aromatic rings. The maximum atomic E-state index is 12.9. The number of likely N-dealkylation sites (N-methyl/N-ethyl adjacent to an activating group) is 1. The van der Waals surface area contributed by atoms with E-state index >= 15 is 0 Å². The van der Waals surface area contributed by atoms with E-state index in [9.17, 15) is 19.2 Å². The van der Waals surface area contributed by atoms with Crippen LogP contribution in [-0.4, -0.2) is 53.2 Å². The number of aromatic nitrogens is 2. The second-order valence-corrected chi connectivity index (χ2v) is 11.3. The number of anilines is 2. The molecular weight excluding hydrogens is 687 g/mol. The molecule has 0 aliphatic rings. The molecule has 11 nitrogen and oxygen atoms in total. The molecule has 0 spiro atoms. The van der Waals surface area contributed by atoms with Crippen LogP contribution < -0.4 is 25.6 Å². The number of fused-ring (bicyclic) bond motifs is 1. The summed E-state index contributed by atoms with van der Waals surface area (Å²) in [6.45, 7) is 2.83. The van der Waals surface area contributed by atoms with Gasteiger partial charge in [0.15, 0.2) is 11.4 Å². The fraction of sp³-hybridized carbons (Fsp3) is 0.194. The zero-order chi connectivity index (χ0) is 32.7. The van der Waals surface area contributed by atoms with Gasteiger partial charge in [0.05, 0.1) is 29.5 Å². The van der Waals surface area contributed by atoms with Crippen LogP contribution in [0.5, 0.6) is 5.75 Å². The topological polar surface area (TPSA) is 134 Å². The molecule has 0 bridgehead atoms. The third kappa shape index (κ3) is 8.62. The fourth-order valence-corrected chi connectivity index (χ4v) is 5.08. The molecule has 0 saturated carbocycles. The van der Waals surface area contributed by atoms with E-state index in [0.717, 1.165) is 10.3 Å². The summed E-state index contributed by atoms with van der Waals surface area (Å²) in [7, 11) is 1.55. The number of nitrogens with one attached hydrogen (secondary N) is 3. The number of imidazole rings is 1. The summed E-state index contributed by atoms with van der Waals surface area (Å²) in [5.41, 5.74) is 3.56. The average Bonchev–Trinajstić information content (AvgIpc) is 3.31. The molecule has 0 fully saturated rings. The van der Waals surface area contributed by atoms with E-state index in [0.29, 0.717) is 38.9 Å². The number of amides is 4. The number of rotatable bonds is 11. The molecule has 4 rings (SSSR count). The smallest absolute Gasteiger partial charge is 0.246 e. The van der Waals surface area contributed by atoms with Crippen molar-refractivity contribution in [2.75, 3.05) is 30.4 Å². The van der Waals surface area contributed by atoms with Crippen molar-refractivity contribution in [3.8, 4) is 5.75 Å². The van der Waals surface area contributed by atoms with Gasteiger partial charge in [0.2, 0.25) is 23.6 Å². The molecule has 2 heterocycles. The summed E-state index contributed by atoms with van der Waals surface area (Å²) in [5, 5.41) is 8.25. The van der Waals surface area contributed by atoms with Crippen LogP contribution >= 0.6 is 39.1 Å². The predicted octanol–water partition coefficient (Wildman–Crippen LogP) is 5.16.